The first-order valence-electron chi connectivity index (χ1n) is 8.53. The van der Waals surface area contributed by atoms with Gasteiger partial charge in [-0.2, -0.15) is 0 Å². The van der Waals surface area contributed by atoms with Crippen molar-refractivity contribution in [2.24, 2.45) is 0 Å². The van der Waals surface area contributed by atoms with Gasteiger partial charge in [-0.1, -0.05) is 47.5 Å². The zero-order chi connectivity index (χ0) is 16.7. The summed E-state index contributed by atoms with van der Waals surface area (Å²) in [5.74, 6) is -0.00951. The second-order valence-electron chi connectivity index (χ2n) is 5.56. The van der Waals surface area contributed by atoms with E-state index in [-0.39, 0.29) is 11.1 Å². The van der Waals surface area contributed by atoms with E-state index in [1.54, 1.807) is 0 Å². The molecule has 2 atom stereocenters. The second-order valence-corrected chi connectivity index (χ2v) is 7.16. The van der Waals surface area contributed by atoms with E-state index < -0.39 is 0 Å². The first-order chi connectivity index (χ1) is 9.95. The highest BCUT2D eigenvalue weighted by Gasteiger charge is 2.31. The van der Waals surface area contributed by atoms with Crippen LogP contribution in [0, 0.1) is 0 Å². The molecule has 0 aromatic carbocycles. The molecule has 0 spiro atoms. The van der Waals surface area contributed by atoms with E-state index >= 15 is 0 Å². The van der Waals surface area contributed by atoms with Gasteiger partial charge in [-0.15, -0.1) is 8.58 Å². The number of hydrogen-bond acceptors (Lipinski definition) is 3. The summed E-state index contributed by atoms with van der Waals surface area (Å²) in [4.78, 5) is 14.4. The molecule has 0 aromatic heterocycles. The van der Waals surface area contributed by atoms with Crippen LogP contribution in [-0.2, 0) is 9.53 Å². The standard InChI is InChI=1S/C14H30NO2P.C3H8/c1-6-10-14(4,18-5)13(16)17-12-9-11-15(7-2)8-3;1-3-2/h18H,6-12H2,1-5H3;3H2,1-2H3. The lowest BCUT2D eigenvalue weighted by Crippen LogP contribution is -2.33. The number of hydrogen-bond donors (Lipinski definition) is 0. The fourth-order valence-electron chi connectivity index (χ4n) is 1.98. The third-order valence-corrected chi connectivity index (χ3v) is 5.06. The number of carbonyl (C=O) groups is 1. The van der Waals surface area contributed by atoms with Crippen LogP contribution in [0.3, 0.4) is 0 Å². The van der Waals surface area contributed by atoms with Crippen LogP contribution in [0.25, 0.3) is 0 Å². The largest absolute Gasteiger partial charge is 0.465 e. The summed E-state index contributed by atoms with van der Waals surface area (Å²) in [6.45, 7) is 18.5. The highest BCUT2D eigenvalue weighted by molar-refractivity contribution is 7.40. The van der Waals surface area contributed by atoms with Crippen molar-refractivity contribution >= 4 is 14.6 Å². The van der Waals surface area contributed by atoms with E-state index in [4.69, 9.17) is 4.74 Å². The molecule has 4 heteroatoms. The van der Waals surface area contributed by atoms with Gasteiger partial charge in [0.25, 0.3) is 0 Å². The lowest BCUT2D eigenvalue weighted by atomic mass is 10.1. The van der Waals surface area contributed by atoms with E-state index in [0.29, 0.717) is 15.2 Å². The third kappa shape index (κ3) is 11.1. The van der Waals surface area contributed by atoms with Crippen molar-refractivity contribution in [3.05, 3.63) is 0 Å². The average molecular weight is 319 g/mol. The molecule has 0 N–H and O–H groups in total. The topological polar surface area (TPSA) is 29.5 Å². The highest BCUT2D eigenvalue weighted by atomic mass is 31.1. The molecule has 0 heterocycles. The smallest absolute Gasteiger partial charge is 0.315 e. The van der Waals surface area contributed by atoms with Crippen molar-refractivity contribution in [1.82, 2.24) is 4.90 Å². The molecule has 0 saturated heterocycles. The fraction of sp³-hybridized carbons (Fsp3) is 0.941. The van der Waals surface area contributed by atoms with Gasteiger partial charge in [-0.3, -0.25) is 4.79 Å². The molecule has 3 nitrogen and oxygen atoms in total. The van der Waals surface area contributed by atoms with Gasteiger partial charge in [-0.25, -0.2) is 0 Å². The van der Waals surface area contributed by atoms with Gasteiger partial charge in [-0.05, 0) is 39.5 Å². The molecule has 0 saturated carbocycles. The van der Waals surface area contributed by atoms with Crippen molar-refractivity contribution in [1.29, 1.82) is 0 Å². The van der Waals surface area contributed by atoms with Crippen LogP contribution in [0.15, 0.2) is 0 Å². The Kier molecular flexibility index (Phi) is 16.3. The number of carbonyl (C=O) groups excluding carboxylic acids is 1. The average Bonchev–Trinajstić information content (AvgIpc) is 2.48. The van der Waals surface area contributed by atoms with Crippen LogP contribution in [0.2, 0.25) is 0 Å². The molecule has 0 rings (SSSR count). The van der Waals surface area contributed by atoms with Gasteiger partial charge < -0.3 is 9.64 Å². The maximum Gasteiger partial charge on any atom is 0.315 e. The second kappa shape index (κ2) is 14.8. The van der Waals surface area contributed by atoms with Crippen LogP contribution < -0.4 is 0 Å². The Labute approximate surface area is 135 Å². The number of nitrogens with zero attached hydrogens (tertiary/aromatic N) is 1. The Bertz CT molecular complexity index is 245. The van der Waals surface area contributed by atoms with Crippen LogP contribution in [0.5, 0.6) is 0 Å². The Morgan fingerprint density at radius 3 is 2.05 bits per heavy atom. The molecule has 0 aliphatic rings. The van der Waals surface area contributed by atoms with Gasteiger partial charge in [0.05, 0.1) is 11.8 Å². The summed E-state index contributed by atoms with van der Waals surface area (Å²) in [6.07, 6.45) is 4.14. The number of esters is 1. The minimum Gasteiger partial charge on any atom is -0.465 e. The molecular weight excluding hydrogens is 281 g/mol. The van der Waals surface area contributed by atoms with Crippen LogP contribution in [0.1, 0.15) is 67.2 Å². The van der Waals surface area contributed by atoms with Crippen molar-refractivity contribution in [3.8, 4) is 0 Å². The normalized spacial score (nSPS) is 13.9. The molecular formula is C17H38NO2P. The van der Waals surface area contributed by atoms with Gasteiger partial charge in [0.2, 0.25) is 0 Å². The highest BCUT2D eigenvalue weighted by Crippen LogP contribution is 2.34. The molecule has 128 valence electrons. The van der Waals surface area contributed by atoms with E-state index in [9.17, 15) is 4.79 Å². The van der Waals surface area contributed by atoms with Gasteiger partial charge in [0, 0.05) is 6.54 Å². The van der Waals surface area contributed by atoms with E-state index in [2.05, 4.69) is 46.2 Å². The molecule has 0 bridgehead atoms. The zero-order valence-electron chi connectivity index (χ0n) is 15.4. The van der Waals surface area contributed by atoms with Crippen molar-refractivity contribution < 1.29 is 9.53 Å². The van der Waals surface area contributed by atoms with Crippen molar-refractivity contribution in [2.75, 3.05) is 32.9 Å². The van der Waals surface area contributed by atoms with E-state index in [0.717, 1.165) is 38.9 Å². The van der Waals surface area contributed by atoms with Gasteiger partial charge in [0.15, 0.2) is 0 Å². The van der Waals surface area contributed by atoms with Crippen molar-refractivity contribution in [3.63, 3.8) is 0 Å². The fourth-order valence-corrected chi connectivity index (χ4v) is 2.76. The lowest BCUT2D eigenvalue weighted by Gasteiger charge is -2.25. The minimum atomic E-state index is -0.260. The molecule has 0 aliphatic carbocycles. The molecule has 0 fully saturated rings. The number of rotatable bonds is 10. The third-order valence-electron chi connectivity index (χ3n) is 3.50. The molecule has 0 aliphatic heterocycles. The quantitative estimate of drug-likeness (QED) is 0.336. The first-order valence-corrected chi connectivity index (χ1v) is 10.0. The Morgan fingerprint density at radius 1 is 1.14 bits per heavy atom. The first kappa shape index (κ1) is 23.1. The molecule has 21 heavy (non-hydrogen) atoms. The Morgan fingerprint density at radius 2 is 1.67 bits per heavy atom. The molecule has 0 aromatic rings. The maximum absolute atomic E-state index is 12.0. The summed E-state index contributed by atoms with van der Waals surface area (Å²) in [5, 5.41) is -0.260. The molecule has 0 radical (unpaired) electrons. The Balaban J connectivity index is 0. The minimum absolute atomic E-state index is 0.00951. The van der Waals surface area contributed by atoms with E-state index in [1.807, 2.05) is 6.92 Å². The molecule has 2 unspecified atom stereocenters. The SMILES string of the molecule is CCC.CCCC(C)(PC)C(=O)OCCCN(CC)CC. The predicted octanol–water partition coefficient (Wildman–Crippen LogP) is 4.54. The van der Waals surface area contributed by atoms with Crippen LogP contribution in [-0.4, -0.2) is 48.9 Å². The summed E-state index contributed by atoms with van der Waals surface area (Å²) >= 11 is 0. The molecule has 0 amide bonds. The predicted molar refractivity (Wildman–Crippen MR) is 96.9 cm³/mol. The van der Waals surface area contributed by atoms with Gasteiger partial charge >= 0.3 is 5.97 Å². The lowest BCUT2D eigenvalue weighted by molar-refractivity contribution is -0.146. The summed E-state index contributed by atoms with van der Waals surface area (Å²) in [6, 6.07) is 0. The monoisotopic (exact) mass is 319 g/mol. The maximum atomic E-state index is 12.0. The summed E-state index contributed by atoms with van der Waals surface area (Å²) in [7, 11) is 0.611. The van der Waals surface area contributed by atoms with Crippen LogP contribution >= 0.6 is 8.58 Å². The summed E-state index contributed by atoms with van der Waals surface area (Å²) in [5.41, 5.74) is 0. The zero-order valence-corrected chi connectivity index (χ0v) is 16.4. The summed E-state index contributed by atoms with van der Waals surface area (Å²) < 4.78 is 5.43. The van der Waals surface area contributed by atoms with E-state index in [1.165, 1.54) is 6.42 Å². The Hall–Kier alpha value is -0.140. The number of ether oxygens (including phenoxy) is 1. The van der Waals surface area contributed by atoms with Crippen LogP contribution in [0.4, 0.5) is 0 Å². The van der Waals surface area contributed by atoms with Gasteiger partial charge in [0.1, 0.15) is 0 Å². The van der Waals surface area contributed by atoms with Crippen molar-refractivity contribution in [2.45, 2.75) is 72.4 Å².